The third kappa shape index (κ3) is 2.05. The van der Waals surface area contributed by atoms with Gasteiger partial charge in [-0.1, -0.05) is 13.3 Å². The molecular formula is C10H17F3O. The van der Waals surface area contributed by atoms with Crippen LogP contribution in [0.1, 0.15) is 39.0 Å². The zero-order chi connectivity index (χ0) is 10.8. The first-order chi connectivity index (χ1) is 6.45. The molecule has 0 aliphatic heterocycles. The molecular weight excluding hydrogens is 193 g/mol. The summed E-state index contributed by atoms with van der Waals surface area (Å²) in [5.74, 6) is 0.445. The van der Waals surface area contributed by atoms with Crippen molar-refractivity contribution >= 4 is 0 Å². The van der Waals surface area contributed by atoms with E-state index >= 15 is 0 Å². The molecule has 0 heterocycles. The van der Waals surface area contributed by atoms with Gasteiger partial charge in [-0.2, -0.15) is 13.2 Å². The molecule has 14 heavy (non-hydrogen) atoms. The quantitative estimate of drug-likeness (QED) is 0.677. The average Bonchev–Trinajstić information content (AvgIpc) is 2.16. The average molecular weight is 210 g/mol. The van der Waals surface area contributed by atoms with Gasteiger partial charge in [-0.3, -0.25) is 0 Å². The monoisotopic (exact) mass is 210 g/mol. The third-order valence-electron chi connectivity index (χ3n) is 3.40. The van der Waals surface area contributed by atoms with Crippen LogP contribution in [0.2, 0.25) is 0 Å². The number of hydrogen-bond acceptors (Lipinski definition) is 1. The van der Waals surface area contributed by atoms with Gasteiger partial charge in [0.25, 0.3) is 0 Å². The summed E-state index contributed by atoms with van der Waals surface area (Å²) in [6.07, 6.45) is -1.76. The first-order valence-electron chi connectivity index (χ1n) is 5.07. The van der Waals surface area contributed by atoms with Crippen molar-refractivity contribution in [3.8, 4) is 0 Å². The van der Waals surface area contributed by atoms with Crippen molar-refractivity contribution in [1.82, 2.24) is 0 Å². The fraction of sp³-hybridized carbons (Fsp3) is 1.00. The van der Waals surface area contributed by atoms with E-state index in [0.717, 1.165) is 6.42 Å². The molecule has 4 heteroatoms. The standard InChI is InChI=1S/C10H17F3O/c1-3-8-4-6-9(14-2,7-5-8)10(11,12)13/h8H,3-7H2,1-2H3. The summed E-state index contributed by atoms with van der Waals surface area (Å²) in [5, 5.41) is 0. The Morgan fingerprint density at radius 2 is 1.79 bits per heavy atom. The molecule has 0 unspecified atom stereocenters. The van der Waals surface area contributed by atoms with Crippen molar-refractivity contribution in [3.63, 3.8) is 0 Å². The van der Waals surface area contributed by atoms with E-state index in [1.807, 2.05) is 6.92 Å². The SMILES string of the molecule is CCC1CCC(OC)(C(F)(F)F)CC1. The molecule has 0 aromatic carbocycles. The minimum Gasteiger partial charge on any atom is -0.369 e. The van der Waals surface area contributed by atoms with E-state index in [1.165, 1.54) is 7.11 Å². The van der Waals surface area contributed by atoms with Gasteiger partial charge in [0.2, 0.25) is 0 Å². The number of methoxy groups -OCH3 is 1. The van der Waals surface area contributed by atoms with Crippen molar-refractivity contribution in [1.29, 1.82) is 0 Å². The Kier molecular flexibility index (Phi) is 3.45. The molecule has 0 amide bonds. The van der Waals surface area contributed by atoms with Crippen LogP contribution in [-0.4, -0.2) is 18.9 Å². The van der Waals surface area contributed by atoms with Gasteiger partial charge in [0.15, 0.2) is 5.60 Å². The fourth-order valence-corrected chi connectivity index (χ4v) is 2.16. The minimum absolute atomic E-state index is 0.117. The zero-order valence-electron chi connectivity index (χ0n) is 8.66. The summed E-state index contributed by atoms with van der Waals surface area (Å²) < 4.78 is 42.8. The topological polar surface area (TPSA) is 9.23 Å². The van der Waals surface area contributed by atoms with E-state index in [-0.39, 0.29) is 12.8 Å². The van der Waals surface area contributed by atoms with Crippen LogP contribution in [0.3, 0.4) is 0 Å². The second kappa shape index (κ2) is 4.09. The maximum atomic E-state index is 12.7. The van der Waals surface area contributed by atoms with E-state index in [1.54, 1.807) is 0 Å². The third-order valence-corrected chi connectivity index (χ3v) is 3.40. The zero-order valence-corrected chi connectivity index (χ0v) is 8.66. The van der Waals surface area contributed by atoms with Gasteiger partial charge < -0.3 is 4.74 Å². The Morgan fingerprint density at radius 3 is 2.07 bits per heavy atom. The van der Waals surface area contributed by atoms with Crippen LogP contribution in [0.4, 0.5) is 13.2 Å². The predicted molar refractivity (Wildman–Crippen MR) is 48.0 cm³/mol. The molecule has 0 aromatic rings. The van der Waals surface area contributed by atoms with Gasteiger partial charge in [-0.05, 0) is 31.6 Å². The molecule has 0 atom stereocenters. The lowest BCUT2D eigenvalue weighted by Gasteiger charge is -2.40. The first-order valence-corrected chi connectivity index (χ1v) is 5.07. The van der Waals surface area contributed by atoms with E-state index in [4.69, 9.17) is 4.74 Å². The molecule has 0 radical (unpaired) electrons. The second-order valence-corrected chi connectivity index (χ2v) is 4.05. The number of alkyl halides is 3. The van der Waals surface area contributed by atoms with Gasteiger partial charge in [-0.15, -0.1) is 0 Å². The number of rotatable bonds is 2. The normalized spacial score (nSPS) is 34.5. The Balaban J connectivity index is 2.66. The molecule has 0 N–H and O–H groups in total. The van der Waals surface area contributed by atoms with Crippen LogP contribution in [0, 0.1) is 5.92 Å². The molecule has 1 aliphatic rings. The molecule has 0 aromatic heterocycles. The summed E-state index contributed by atoms with van der Waals surface area (Å²) in [7, 11) is 1.17. The Labute approximate surface area is 82.6 Å². The van der Waals surface area contributed by atoms with Crippen LogP contribution < -0.4 is 0 Å². The maximum absolute atomic E-state index is 12.7. The van der Waals surface area contributed by atoms with Crippen molar-refractivity contribution in [2.75, 3.05) is 7.11 Å². The summed E-state index contributed by atoms with van der Waals surface area (Å²) in [6, 6.07) is 0. The summed E-state index contributed by atoms with van der Waals surface area (Å²) in [6.45, 7) is 2.03. The van der Waals surface area contributed by atoms with Gasteiger partial charge in [0.1, 0.15) is 0 Å². The fourth-order valence-electron chi connectivity index (χ4n) is 2.16. The lowest BCUT2D eigenvalue weighted by atomic mass is 9.77. The Bertz CT molecular complexity index is 180. The minimum atomic E-state index is -4.22. The molecule has 1 rings (SSSR count). The molecule has 0 saturated heterocycles. The number of ether oxygens (including phenoxy) is 1. The molecule has 0 bridgehead atoms. The van der Waals surface area contributed by atoms with Crippen LogP contribution >= 0.6 is 0 Å². The predicted octanol–water partition coefficient (Wildman–Crippen LogP) is 3.53. The highest BCUT2D eigenvalue weighted by molar-refractivity contribution is 4.92. The highest BCUT2D eigenvalue weighted by atomic mass is 19.4. The molecule has 0 spiro atoms. The second-order valence-electron chi connectivity index (χ2n) is 4.05. The van der Waals surface area contributed by atoms with E-state index < -0.39 is 11.8 Å². The number of hydrogen-bond donors (Lipinski definition) is 0. The molecule has 1 saturated carbocycles. The highest BCUT2D eigenvalue weighted by Gasteiger charge is 2.56. The van der Waals surface area contributed by atoms with Crippen LogP contribution in [-0.2, 0) is 4.74 Å². The summed E-state index contributed by atoms with van der Waals surface area (Å²) >= 11 is 0. The summed E-state index contributed by atoms with van der Waals surface area (Å²) in [5.41, 5.74) is -1.86. The van der Waals surface area contributed by atoms with E-state index in [9.17, 15) is 13.2 Å². The van der Waals surface area contributed by atoms with Gasteiger partial charge in [-0.25, -0.2) is 0 Å². The largest absolute Gasteiger partial charge is 0.417 e. The van der Waals surface area contributed by atoms with Crippen molar-refractivity contribution in [2.24, 2.45) is 5.92 Å². The van der Waals surface area contributed by atoms with E-state index in [2.05, 4.69) is 0 Å². The molecule has 1 aliphatic carbocycles. The molecule has 1 nitrogen and oxygen atoms in total. The van der Waals surface area contributed by atoms with Crippen molar-refractivity contribution in [3.05, 3.63) is 0 Å². The smallest absolute Gasteiger partial charge is 0.369 e. The van der Waals surface area contributed by atoms with E-state index in [0.29, 0.717) is 18.8 Å². The Morgan fingerprint density at radius 1 is 1.29 bits per heavy atom. The van der Waals surface area contributed by atoms with Crippen LogP contribution in [0.25, 0.3) is 0 Å². The molecule has 84 valence electrons. The maximum Gasteiger partial charge on any atom is 0.417 e. The van der Waals surface area contributed by atoms with Crippen LogP contribution in [0.5, 0.6) is 0 Å². The lowest BCUT2D eigenvalue weighted by molar-refractivity contribution is -0.281. The Hall–Kier alpha value is -0.250. The van der Waals surface area contributed by atoms with Crippen LogP contribution in [0.15, 0.2) is 0 Å². The van der Waals surface area contributed by atoms with Gasteiger partial charge in [0.05, 0.1) is 0 Å². The van der Waals surface area contributed by atoms with Crippen molar-refractivity contribution in [2.45, 2.75) is 50.8 Å². The first kappa shape index (κ1) is 11.8. The van der Waals surface area contributed by atoms with Gasteiger partial charge in [0, 0.05) is 7.11 Å². The number of halogens is 3. The summed E-state index contributed by atoms with van der Waals surface area (Å²) in [4.78, 5) is 0. The molecule has 1 fully saturated rings. The van der Waals surface area contributed by atoms with Crippen molar-refractivity contribution < 1.29 is 17.9 Å². The highest BCUT2D eigenvalue weighted by Crippen LogP contribution is 2.45. The van der Waals surface area contributed by atoms with Gasteiger partial charge >= 0.3 is 6.18 Å². The lowest BCUT2D eigenvalue weighted by Crippen LogP contribution is -2.49.